The van der Waals surface area contributed by atoms with E-state index in [0.717, 1.165) is 47.4 Å². The number of nitrogens with zero attached hydrogens (tertiary/aromatic N) is 2. The van der Waals surface area contributed by atoms with Crippen molar-refractivity contribution in [3.63, 3.8) is 0 Å². The zero-order valence-electron chi connectivity index (χ0n) is 15.8. The Balaban J connectivity index is 1.66. The Kier molecular flexibility index (Phi) is 5.09. The lowest BCUT2D eigenvalue weighted by molar-refractivity contribution is 0.0734. The third-order valence-corrected chi connectivity index (χ3v) is 5.43. The molecular formula is C22H21ClN2O3. The Bertz CT molecular complexity index is 1040. The van der Waals surface area contributed by atoms with Gasteiger partial charge in [-0.15, -0.1) is 0 Å². The Hall–Kier alpha value is -2.79. The zero-order valence-corrected chi connectivity index (χ0v) is 16.6. The van der Waals surface area contributed by atoms with Gasteiger partial charge < -0.3 is 14.4 Å². The molecule has 5 nitrogen and oxygen atoms in total. The fourth-order valence-electron chi connectivity index (χ4n) is 3.83. The van der Waals surface area contributed by atoms with E-state index in [4.69, 9.17) is 21.1 Å². The highest BCUT2D eigenvalue weighted by atomic mass is 35.5. The molecule has 2 aromatic carbocycles. The first-order valence-corrected chi connectivity index (χ1v) is 9.57. The van der Waals surface area contributed by atoms with Gasteiger partial charge in [0.2, 0.25) is 0 Å². The Labute approximate surface area is 168 Å². The number of aromatic nitrogens is 1. The molecule has 0 spiro atoms. The normalized spacial score (nSPS) is 16.4. The van der Waals surface area contributed by atoms with Crippen LogP contribution in [0.1, 0.15) is 34.8 Å². The van der Waals surface area contributed by atoms with Crippen molar-refractivity contribution in [2.75, 3.05) is 20.8 Å². The number of pyridine rings is 1. The number of fused-ring (bicyclic) bond motifs is 1. The van der Waals surface area contributed by atoms with Gasteiger partial charge in [0.25, 0.3) is 5.91 Å². The number of amides is 1. The van der Waals surface area contributed by atoms with E-state index >= 15 is 0 Å². The fraction of sp³-hybridized carbons (Fsp3) is 0.273. The number of rotatable bonds is 4. The molecule has 1 aliphatic heterocycles. The second-order valence-corrected chi connectivity index (χ2v) is 7.19. The Morgan fingerprint density at radius 3 is 2.75 bits per heavy atom. The van der Waals surface area contributed by atoms with Gasteiger partial charge in [-0.05, 0) is 55.3 Å². The summed E-state index contributed by atoms with van der Waals surface area (Å²) in [5.41, 5.74) is 2.43. The smallest absolute Gasteiger partial charge is 0.254 e. The van der Waals surface area contributed by atoms with Gasteiger partial charge in [-0.3, -0.25) is 4.79 Å². The maximum atomic E-state index is 13.3. The van der Waals surface area contributed by atoms with E-state index in [0.29, 0.717) is 10.7 Å². The van der Waals surface area contributed by atoms with Gasteiger partial charge in [0.15, 0.2) is 0 Å². The van der Waals surface area contributed by atoms with Crippen molar-refractivity contribution in [2.24, 2.45) is 0 Å². The number of methoxy groups -OCH3 is 2. The van der Waals surface area contributed by atoms with Gasteiger partial charge in [0, 0.05) is 29.1 Å². The first-order chi connectivity index (χ1) is 13.6. The van der Waals surface area contributed by atoms with Crippen molar-refractivity contribution >= 4 is 28.4 Å². The largest absolute Gasteiger partial charge is 0.497 e. The number of hydrogen-bond donors (Lipinski definition) is 0. The molecule has 1 aromatic heterocycles. The highest BCUT2D eigenvalue weighted by molar-refractivity contribution is 6.29. The van der Waals surface area contributed by atoms with Gasteiger partial charge in [0.1, 0.15) is 16.7 Å². The third-order valence-electron chi connectivity index (χ3n) is 5.22. The topological polar surface area (TPSA) is 51.7 Å². The molecule has 144 valence electrons. The molecule has 0 N–H and O–H groups in total. The number of benzene rings is 2. The van der Waals surface area contributed by atoms with Crippen molar-refractivity contribution in [3.8, 4) is 11.5 Å². The standard InChI is InChI=1S/C22H21ClN2O3/c1-27-16-7-8-17(20(13-16)28-2)19-4-3-11-25(19)22(26)15-5-9-18-14(12-15)6-10-21(23)24-18/h5-10,12-13,19H,3-4,11H2,1-2H3. The van der Waals surface area contributed by atoms with Crippen LogP contribution in [0, 0.1) is 0 Å². The van der Waals surface area contributed by atoms with E-state index in [1.165, 1.54) is 0 Å². The summed E-state index contributed by atoms with van der Waals surface area (Å²) in [7, 11) is 3.27. The molecule has 0 radical (unpaired) electrons. The molecule has 1 atom stereocenters. The molecule has 1 saturated heterocycles. The minimum Gasteiger partial charge on any atom is -0.497 e. The first kappa shape index (κ1) is 18.6. The van der Waals surface area contributed by atoms with Crippen molar-refractivity contribution in [1.29, 1.82) is 0 Å². The highest BCUT2D eigenvalue weighted by Gasteiger charge is 2.32. The van der Waals surface area contributed by atoms with Crippen LogP contribution in [0.2, 0.25) is 5.15 Å². The van der Waals surface area contributed by atoms with Crippen LogP contribution < -0.4 is 9.47 Å². The number of hydrogen-bond acceptors (Lipinski definition) is 4. The van der Waals surface area contributed by atoms with Crippen molar-refractivity contribution in [2.45, 2.75) is 18.9 Å². The van der Waals surface area contributed by atoms with E-state index < -0.39 is 0 Å². The average Bonchev–Trinajstić information content (AvgIpc) is 3.21. The number of carbonyl (C=O) groups excluding carboxylic acids is 1. The van der Waals surface area contributed by atoms with Crippen molar-refractivity contribution in [3.05, 3.63) is 64.8 Å². The molecule has 1 aliphatic rings. The molecule has 4 rings (SSSR count). The lowest BCUT2D eigenvalue weighted by Crippen LogP contribution is -2.30. The van der Waals surface area contributed by atoms with E-state index in [1.54, 1.807) is 20.3 Å². The molecule has 1 amide bonds. The molecule has 0 bridgehead atoms. The molecule has 28 heavy (non-hydrogen) atoms. The number of carbonyl (C=O) groups is 1. The second-order valence-electron chi connectivity index (χ2n) is 6.81. The maximum Gasteiger partial charge on any atom is 0.254 e. The summed E-state index contributed by atoms with van der Waals surface area (Å²) in [5, 5.41) is 1.34. The van der Waals surface area contributed by atoms with Crippen molar-refractivity contribution in [1.82, 2.24) is 9.88 Å². The molecule has 6 heteroatoms. The van der Waals surface area contributed by atoms with E-state index in [9.17, 15) is 4.79 Å². The molecule has 0 aliphatic carbocycles. The van der Waals surface area contributed by atoms with E-state index in [2.05, 4.69) is 4.98 Å². The summed E-state index contributed by atoms with van der Waals surface area (Å²) >= 11 is 5.95. The predicted octanol–water partition coefficient (Wildman–Crippen LogP) is 4.88. The van der Waals surface area contributed by atoms with Gasteiger partial charge in [-0.1, -0.05) is 11.6 Å². The number of halogens is 1. The predicted molar refractivity (Wildman–Crippen MR) is 109 cm³/mol. The van der Waals surface area contributed by atoms with Crippen LogP contribution in [0.4, 0.5) is 0 Å². The lowest BCUT2D eigenvalue weighted by Gasteiger charge is -2.26. The van der Waals surface area contributed by atoms with Crippen LogP contribution in [0.25, 0.3) is 10.9 Å². The van der Waals surface area contributed by atoms with Crippen LogP contribution in [0.3, 0.4) is 0 Å². The molecule has 2 heterocycles. The number of likely N-dealkylation sites (tertiary alicyclic amines) is 1. The summed E-state index contributed by atoms with van der Waals surface area (Å²) in [6.07, 6.45) is 1.86. The van der Waals surface area contributed by atoms with Crippen molar-refractivity contribution < 1.29 is 14.3 Å². The second kappa shape index (κ2) is 7.68. The Morgan fingerprint density at radius 2 is 1.96 bits per heavy atom. The maximum absolute atomic E-state index is 13.3. The van der Waals surface area contributed by atoms with Gasteiger partial charge in [0.05, 0.1) is 25.8 Å². The van der Waals surface area contributed by atoms with Crippen LogP contribution in [-0.2, 0) is 0 Å². The zero-order chi connectivity index (χ0) is 19.7. The van der Waals surface area contributed by atoms with Crippen LogP contribution in [0.5, 0.6) is 11.5 Å². The third kappa shape index (κ3) is 3.38. The van der Waals surface area contributed by atoms with E-state index in [-0.39, 0.29) is 11.9 Å². The first-order valence-electron chi connectivity index (χ1n) is 9.20. The average molecular weight is 397 g/mol. The van der Waals surface area contributed by atoms with Crippen LogP contribution >= 0.6 is 11.6 Å². The molecule has 1 fully saturated rings. The monoisotopic (exact) mass is 396 g/mol. The van der Waals surface area contributed by atoms with Gasteiger partial charge >= 0.3 is 0 Å². The van der Waals surface area contributed by atoms with E-state index in [1.807, 2.05) is 47.4 Å². The summed E-state index contributed by atoms with van der Waals surface area (Å²) in [5.74, 6) is 1.48. The minimum atomic E-state index is -0.0209. The summed E-state index contributed by atoms with van der Waals surface area (Å²) < 4.78 is 10.9. The van der Waals surface area contributed by atoms with Gasteiger partial charge in [-0.25, -0.2) is 4.98 Å². The van der Waals surface area contributed by atoms with Crippen LogP contribution in [0.15, 0.2) is 48.5 Å². The summed E-state index contributed by atoms with van der Waals surface area (Å²) in [6, 6.07) is 14.9. The molecular weight excluding hydrogens is 376 g/mol. The van der Waals surface area contributed by atoms with Crippen LogP contribution in [-0.4, -0.2) is 36.6 Å². The molecule has 1 unspecified atom stereocenters. The highest BCUT2D eigenvalue weighted by Crippen LogP contribution is 2.39. The lowest BCUT2D eigenvalue weighted by atomic mass is 10.0. The Morgan fingerprint density at radius 1 is 1.11 bits per heavy atom. The summed E-state index contributed by atoms with van der Waals surface area (Å²) in [6.45, 7) is 0.718. The summed E-state index contributed by atoms with van der Waals surface area (Å²) in [4.78, 5) is 19.5. The van der Waals surface area contributed by atoms with Gasteiger partial charge in [-0.2, -0.15) is 0 Å². The SMILES string of the molecule is COc1ccc(C2CCCN2C(=O)c2ccc3nc(Cl)ccc3c2)c(OC)c1. The molecule has 0 saturated carbocycles. The fourth-order valence-corrected chi connectivity index (χ4v) is 3.98. The quantitative estimate of drug-likeness (QED) is 0.589. The minimum absolute atomic E-state index is 0.0113. The molecule has 3 aromatic rings. The number of ether oxygens (including phenoxy) is 2.